The van der Waals surface area contributed by atoms with E-state index in [1.165, 1.54) is 0 Å². The number of likely N-dealkylation sites (N-methyl/N-ethyl adjacent to an activating group) is 1. The van der Waals surface area contributed by atoms with Crippen molar-refractivity contribution in [2.45, 2.75) is 26.7 Å². The van der Waals surface area contributed by atoms with E-state index in [0.717, 1.165) is 61.7 Å². The molecule has 9 nitrogen and oxygen atoms in total. The predicted octanol–water partition coefficient (Wildman–Crippen LogP) is 4.37. The third-order valence-electron chi connectivity index (χ3n) is 5.96. The van der Waals surface area contributed by atoms with Crippen molar-refractivity contribution < 1.29 is 9.13 Å². The van der Waals surface area contributed by atoms with Gasteiger partial charge in [0.05, 0.1) is 0 Å². The van der Waals surface area contributed by atoms with Gasteiger partial charge < -0.3 is 24.8 Å². The number of hydrogen-bond acceptors (Lipinski definition) is 7. The fourth-order valence-electron chi connectivity index (χ4n) is 4.14. The van der Waals surface area contributed by atoms with Crippen molar-refractivity contribution in [3.8, 4) is 11.6 Å². The van der Waals surface area contributed by atoms with Crippen molar-refractivity contribution in [1.29, 1.82) is 0 Å². The first-order valence-electron chi connectivity index (χ1n) is 11.6. The summed E-state index contributed by atoms with van der Waals surface area (Å²) in [6.07, 6.45) is 1.93. The number of H-pyrrole nitrogens is 2. The smallest absolute Gasteiger partial charge is 0.233 e. The number of piperazine rings is 1. The SMILES string of the molecule is CCCc1cc(Nc2nc(Oc3ccc4[nH]c(C)cc4c3F)cc(N3CCN(C)CC3)n2)n[nH]1. The van der Waals surface area contributed by atoms with Crippen LogP contribution < -0.4 is 15.0 Å². The van der Waals surface area contributed by atoms with Gasteiger partial charge >= 0.3 is 0 Å². The zero-order valence-electron chi connectivity index (χ0n) is 19.7. The molecule has 1 aliphatic heterocycles. The number of nitrogens with one attached hydrogen (secondary N) is 3. The van der Waals surface area contributed by atoms with Crippen molar-refractivity contribution in [3.63, 3.8) is 0 Å². The molecule has 4 heterocycles. The van der Waals surface area contributed by atoms with Crippen molar-refractivity contribution in [2.24, 2.45) is 0 Å². The maximum Gasteiger partial charge on any atom is 0.233 e. The number of halogens is 1. The molecule has 10 heteroatoms. The quantitative estimate of drug-likeness (QED) is 0.374. The van der Waals surface area contributed by atoms with E-state index in [0.29, 0.717) is 17.2 Å². The fourth-order valence-corrected chi connectivity index (χ4v) is 4.14. The molecule has 0 bridgehead atoms. The number of ether oxygens (including phenoxy) is 1. The normalized spacial score (nSPS) is 14.6. The Labute approximate surface area is 197 Å². The lowest BCUT2D eigenvalue weighted by Gasteiger charge is -2.33. The van der Waals surface area contributed by atoms with Crippen LogP contribution >= 0.6 is 0 Å². The minimum atomic E-state index is -0.423. The van der Waals surface area contributed by atoms with E-state index in [9.17, 15) is 0 Å². The van der Waals surface area contributed by atoms with Gasteiger partial charge in [0, 0.05) is 60.6 Å². The van der Waals surface area contributed by atoms with Gasteiger partial charge in [0.1, 0.15) is 5.82 Å². The summed E-state index contributed by atoms with van der Waals surface area (Å²) in [7, 11) is 2.10. The Morgan fingerprint density at radius 1 is 1.12 bits per heavy atom. The molecule has 1 aliphatic rings. The largest absolute Gasteiger partial charge is 0.436 e. The third kappa shape index (κ3) is 4.67. The molecule has 1 saturated heterocycles. The summed E-state index contributed by atoms with van der Waals surface area (Å²) in [4.78, 5) is 16.8. The number of aromatic amines is 2. The van der Waals surface area contributed by atoms with E-state index < -0.39 is 5.82 Å². The van der Waals surface area contributed by atoms with Gasteiger partial charge in [-0.15, -0.1) is 0 Å². The lowest BCUT2D eigenvalue weighted by Crippen LogP contribution is -2.44. The molecule has 1 fully saturated rings. The average molecular weight is 465 g/mol. The van der Waals surface area contributed by atoms with Crippen LogP contribution in [0.25, 0.3) is 10.9 Å². The maximum absolute atomic E-state index is 15.2. The summed E-state index contributed by atoms with van der Waals surface area (Å²) in [5.74, 6) is 1.66. The van der Waals surface area contributed by atoms with Gasteiger partial charge in [-0.05, 0) is 38.6 Å². The molecule has 0 radical (unpaired) electrons. The van der Waals surface area contributed by atoms with Gasteiger partial charge in [-0.1, -0.05) is 13.3 Å². The molecule has 0 spiro atoms. The summed E-state index contributed by atoms with van der Waals surface area (Å²) >= 11 is 0. The molecule has 0 unspecified atom stereocenters. The predicted molar refractivity (Wildman–Crippen MR) is 131 cm³/mol. The number of hydrogen-bond donors (Lipinski definition) is 3. The first-order chi connectivity index (χ1) is 16.5. The Bertz CT molecular complexity index is 1290. The summed E-state index contributed by atoms with van der Waals surface area (Å²) < 4.78 is 21.1. The van der Waals surface area contributed by atoms with Crippen LogP contribution in [0.4, 0.5) is 22.0 Å². The van der Waals surface area contributed by atoms with Crippen LogP contribution in [-0.2, 0) is 6.42 Å². The topological polar surface area (TPSA) is 98.0 Å². The minimum absolute atomic E-state index is 0.116. The third-order valence-corrected chi connectivity index (χ3v) is 5.96. The van der Waals surface area contributed by atoms with Gasteiger partial charge in [0.25, 0.3) is 0 Å². The number of benzene rings is 1. The summed E-state index contributed by atoms with van der Waals surface area (Å²) in [5.41, 5.74) is 2.65. The second-order valence-electron chi connectivity index (χ2n) is 8.73. The van der Waals surface area contributed by atoms with Gasteiger partial charge in [0.2, 0.25) is 11.8 Å². The Kier molecular flexibility index (Phi) is 6.06. The van der Waals surface area contributed by atoms with Gasteiger partial charge in [-0.25, -0.2) is 4.39 Å². The Hall–Kier alpha value is -3.66. The highest BCUT2D eigenvalue weighted by Crippen LogP contribution is 2.32. The highest BCUT2D eigenvalue weighted by molar-refractivity contribution is 5.82. The monoisotopic (exact) mass is 464 g/mol. The molecular weight excluding hydrogens is 435 g/mol. The van der Waals surface area contributed by atoms with Crippen LogP contribution in [-0.4, -0.2) is 63.3 Å². The lowest BCUT2D eigenvalue weighted by atomic mass is 10.2. The zero-order valence-corrected chi connectivity index (χ0v) is 19.7. The van der Waals surface area contributed by atoms with Gasteiger partial charge in [0.15, 0.2) is 17.4 Å². The molecule has 1 aromatic carbocycles. The summed E-state index contributed by atoms with van der Waals surface area (Å²) in [5, 5.41) is 11.0. The number of aromatic nitrogens is 5. The molecular formula is C24H29FN8O. The summed E-state index contributed by atoms with van der Waals surface area (Å²) in [6, 6.07) is 8.89. The molecule has 4 aromatic rings. The molecule has 0 amide bonds. The molecule has 34 heavy (non-hydrogen) atoms. The minimum Gasteiger partial charge on any atom is -0.436 e. The average Bonchev–Trinajstić information content (AvgIpc) is 3.42. The van der Waals surface area contributed by atoms with E-state index in [1.54, 1.807) is 18.2 Å². The zero-order chi connectivity index (χ0) is 23.7. The molecule has 178 valence electrons. The molecule has 0 aliphatic carbocycles. The van der Waals surface area contributed by atoms with E-state index >= 15 is 4.39 Å². The van der Waals surface area contributed by atoms with Crippen molar-refractivity contribution >= 4 is 28.5 Å². The van der Waals surface area contributed by atoms with E-state index in [1.807, 2.05) is 19.1 Å². The second kappa shape index (κ2) is 9.30. The highest BCUT2D eigenvalue weighted by atomic mass is 19.1. The van der Waals surface area contributed by atoms with Crippen LogP contribution in [0.3, 0.4) is 0 Å². The van der Waals surface area contributed by atoms with Crippen LogP contribution in [0, 0.1) is 12.7 Å². The Morgan fingerprint density at radius 3 is 2.74 bits per heavy atom. The Morgan fingerprint density at radius 2 is 1.94 bits per heavy atom. The highest BCUT2D eigenvalue weighted by Gasteiger charge is 2.19. The van der Waals surface area contributed by atoms with E-state index in [4.69, 9.17) is 9.72 Å². The lowest BCUT2D eigenvalue weighted by molar-refractivity contribution is 0.312. The fraction of sp³-hybridized carbons (Fsp3) is 0.375. The van der Waals surface area contributed by atoms with Crippen molar-refractivity contribution in [2.75, 3.05) is 43.4 Å². The second-order valence-corrected chi connectivity index (χ2v) is 8.73. The van der Waals surface area contributed by atoms with Crippen LogP contribution in [0.1, 0.15) is 24.7 Å². The molecule has 0 saturated carbocycles. The van der Waals surface area contributed by atoms with E-state index in [2.05, 4.69) is 49.3 Å². The van der Waals surface area contributed by atoms with Gasteiger partial charge in [-0.3, -0.25) is 5.10 Å². The first-order valence-corrected chi connectivity index (χ1v) is 11.6. The number of anilines is 3. The standard InChI is InChI=1S/C24H29FN8O/c1-4-5-16-13-20(31-30-16)27-24-28-21(33-10-8-32(3)9-11-33)14-22(29-24)34-19-7-6-18-17(23(19)25)12-15(2)26-18/h6-7,12-14,26H,4-5,8-11H2,1-3H3,(H2,27,28,29,30,31). The number of fused-ring (bicyclic) bond motifs is 1. The van der Waals surface area contributed by atoms with Crippen molar-refractivity contribution in [1.82, 2.24) is 30.0 Å². The molecule has 0 atom stereocenters. The van der Waals surface area contributed by atoms with E-state index in [-0.39, 0.29) is 11.6 Å². The first kappa shape index (κ1) is 22.1. The van der Waals surface area contributed by atoms with Gasteiger partial charge in [-0.2, -0.15) is 15.1 Å². The summed E-state index contributed by atoms with van der Waals surface area (Å²) in [6.45, 7) is 7.54. The van der Waals surface area contributed by atoms with Crippen LogP contribution in [0.2, 0.25) is 0 Å². The van der Waals surface area contributed by atoms with Crippen molar-refractivity contribution in [3.05, 3.63) is 47.5 Å². The van der Waals surface area contributed by atoms with Crippen LogP contribution in [0.5, 0.6) is 11.6 Å². The molecule has 5 rings (SSSR count). The maximum atomic E-state index is 15.2. The molecule has 3 aromatic heterocycles. The Balaban J connectivity index is 1.47. The van der Waals surface area contributed by atoms with Crippen LogP contribution in [0.15, 0.2) is 30.3 Å². The molecule has 3 N–H and O–H groups in total. The number of rotatable bonds is 7. The number of nitrogens with zero attached hydrogens (tertiary/aromatic N) is 5. The number of aryl methyl sites for hydroxylation is 2.